The molecule has 0 radical (unpaired) electrons. The van der Waals surface area contributed by atoms with Gasteiger partial charge in [0.05, 0.1) is 15.5 Å². The van der Waals surface area contributed by atoms with E-state index in [-0.39, 0.29) is 27.8 Å². The topological polar surface area (TPSA) is 146 Å². The van der Waals surface area contributed by atoms with Crippen molar-refractivity contribution in [2.24, 2.45) is 5.16 Å². The van der Waals surface area contributed by atoms with Crippen LogP contribution in [0.3, 0.4) is 0 Å². The zero-order valence-corrected chi connectivity index (χ0v) is 30.7. The lowest BCUT2D eigenvalue weighted by Gasteiger charge is -2.38. The standard InChI is InChI=1S/C38H42N6O6S2/c1-42(2)22-19-30(27-51-32-11-7-4-8-12-32)39-34-18-17-33(25-36(34)44(46)47)52(48,49)41-37(45)29-13-15-31(16-14-29)43-23-20-38(21-24-43)26-35(40-50-38)28-9-5-3-6-10-28/h3-18,25,30,39H,19-24,26-27H2,1-2H3,(H,41,45)/t30-/m1/s1. The van der Waals surface area contributed by atoms with Gasteiger partial charge in [0.15, 0.2) is 0 Å². The van der Waals surface area contributed by atoms with Gasteiger partial charge in [0.1, 0.15) is 11.3 Å². The maximum atomic E-state index is 13.3. The molecule has 0 unspecified atom stereocenters. The molecule has 1 amide bonds. The minimum absolute atomic E-state index is 0.139. The molecule has 0 saturated carbocycles. The lowest BCUT2D eigenvalue weighted by molar-refractivity contribution is -0.384. The molecule has 4 aromatic rings. The summed E-state index contributed by atoms with van der Waals surface area (Å²) in [5.74, 6) is -0.192. The summed E-state index contributed by atoms with van der Waals surface area (Å²) in [4.78, 5) is 35.5. The van der Waals surface area contributed by atoms with Crippen LogP contribution >= 0.6 is 11.8 Å². The van der Waals surface area contributed by atoms with E-state index in [0.717, 1.165) is 66.8 Å². The predicted octanol–water partition coefficient (Wildman–Crippen LogP) is 6.40. The van der Waals surface area contributed by atoms with E-state index in [1.165, 1.54) is 12.1 Å². The summed E-state index contributed by atoms with van der Waals surface area (Å²) in [6.45, 7) is 2.23. The van der Waals surface area contributed by atoms with E-state index in [1.54, 1.807) is 36.0 Å². The quantitative estimate of drug-likeness (QED) is 0.0846. The van der Waals surface area contributed by atoms with E-state index in [1.807, 2.05) is 79.7 Å². The largest absolute Gasteiger partial charge is 0.388 e. The molecule has 6 rings (SSSR count). The fourth-order valence-corrected chi connectivity index (χ4v) is 8.29. The van der Waals surface area contributed by atoms with Crippen LogP contribution < -0.4 is 14.9 Å². The summed E-state index contributed by atoms with van der Waals surface area (Å²) < 4.78 is 28.7. The Kier molecular flexibility index (Phi) is 11.5. The Bertz CT molecular complexity index is 2000. The second kappa shape index (κ2) is 16.2. The van der Waals surface area contributed by atoms with E-state index in [0.29, 0.717) is 12.2 Å². The molecule has 0 aromatic heterocycles. The number of hydrogen-bond acceptors (Lipinski definition) is 11. The molecule has 0 aliphatic carbocycles. The average molecular weight is 743 g/mol. The molecule has 2 N–H and O–H groups in total. The Morgan fingerprint density at radius 1 is 1.00 bits per heavy atom. The van der Waals surface area contributed by atoms with Crippen LogP contribution in [0, 0.1) is 10.1 Å². The zero-order chi connectivity index (χ0) is 36.7. The first-order chi connectivity index (χ1) is 25.0. The highest BCUT2D eigenvalue weighted by atomic mass is 32.2. The fraction of sp³-hybridized carbons (Fsp3) is 0.316. The van der Waals surface area contributed by atoms with Gasteiger partial charge in [-0.25, -0.2) is 13.1 Å². The Labute approximate surface area is 308 Å². The van der Waals surface area contributed by atoms with Crippen LogP contribution in [0.5, 0.6) is 0 Å². The lowest BCUT2D eigenvalue weighted by Crippen LogP contribution is -2.44. The predicted molar refractivity (Wildman–Crippen MR) is 205 cm³/mol. The molecule has 52 heavy (non-hydrogen) atoms. The number of amides is 1. The van der Waals surface area contributed by atoms with Crippen molar-refractivity contribution in [2.45, 2.75) is 47.1 Å². The highest BCUT2D eigenvalue weighted by Crippen LogP contribution is 2.37. The number of nitrogens with one attached hydrogen (secondary N) is 2. The van der Waals surface area contributed by atoms with Crippen molar-refractivity contribution in [1.29, 1.82) is 0 Å². The first-order valence-corrected chi connectivity index (χ1v) is 19.6. The van der Waals surface area contributed by atoms with Crippen LogP contribution in [0.15, 0.2) is 118 Å². The third-order valence-corrected chi connectivity index (χ3v) is 11.8. The first kappa shape index (κ1) is 36.9. The van der Waals surface area contributed by atoms with E-state index < -0.39 is 26.5 Å². The van der Waals surface area contributed by atoms with Crippen molar-refractivity contribution in [3.8, 4) is 0 Å². The van der Waals surface area contributed by atoms with E-state index in [2.05, 4.69) is 20.1 Å². The van der Waals surface area contributed by atoms with Gasteiger partial charge in [0.2, 0.25) is 0 Å². The molecule has 1 atom stereocenters. The number of nitro groups is 1. The van der Waals surface area contributed by atoms with Gasteiger partial charge in [-0.05, 0) is 81.2 Å². The first-order valence-electron chi connectivity index (χ1n) is 17.1. The SMILES string of the molecule is CN(C)CC[C@H](CSc1ccccc1)Nc1ccc(S(=O)(=O)NC(=O)c2ccc(N3CCC4(CC3)CC(c3ccccc3)=NO4)cc2)cc1[N+](=O)[O-]. The Morgan fingerprint density at radius 3 is 2.33 bits per heavy atom. The third kappa shape index (κ3) is 9.11. The number of rotatable bonds is 14. The van der Waals surface area contributed by atoms with Crippen molar-refractivity contribution in [2.75, 3.05) is 49.7 Å². The number of carbonyl (C=O) groups excluding carboxylic acids is 1. The van der Waals surface area contributed by atoms with E-state index >= 15 is 0 Å². The van der Waals surface area contributed by atoms with Crippen molar-refractivity contribution in [1.82, 2.24) is 9.62 Å². The molecule has 2 aliphatic heterocycles. The maximum absolute atomic E-state index is 13.3. The second-order valence-corrected chi connectivity index (χ2v) is 16.1. The maximum Gasteiger partial charge on any atom is 0.293 e. The molecule has 14 heteroatoms. The molecule has 1 spiro atoms. The van der Waals surface area contributed by atoms with Gasteiger partial charge in [0, 0.05) is 66.4 Å². The molecule has 1 fully saturated rings. The number of nitrogens with zero attached hydrogens (tertiary/aromatic N) is 4. The monoisotopic (exact) mass is 742 g/mol. The van der Waals surface area contributed by atoms with Crippen molar-refractivity contribution in [3.05, 3.63) is 124 Å². The zero-order valence-electron chi connectivity index (χ0n) is 29.1. The molecule has 2 aliphatic rings. The molecule has 272 valence electrons. The smallest absolute Gasteiger partial charge is 0.293 e. The summed E-state index contributed by atoms with van der Waals surface area (Å²) in [6, 6.07) is 30.1. The molecule has 12 nitrogen and oxygen atoms in total. The summed E-state index contributed by atoms with van der Waals surface area (Å²) in [6.07, 6.45) is 3.04. The average Bonchev–Trinajstić information content (AvgIpc) is 3.56. The number of thioether (sulfide) groups is 1. The van der Waals surface area contributed by atoms with Gasteiger partial charge >= 0.3 is 0 Å². The molecule has 2 heterocycles. The summed E-state index contributed by atoms with van der Waals surface area (Å²) in [7, 11) is -0.509. The molecule has 1 saturated heterocycles. The molecule has 4 aromatic carbocycles. The summed E-state index contributed by atoms with van der Waals surface area (Å²) in [5.41, 5.74) is 2.56. The Hall–Kier alpha value is -4.92. The molecular weight excluding hydrogens is 701 g/mol. The van der Waals surface area contributed by atoms with Crippen LogP contribution in [0.4, 0.5) is 17.1 Å². The molecule has 0 bridgehead atoms. The van der Waals surface area contributed by atoms with Gasteiger partial charge in [-0.15, -0.1) is 11.8 Å². The minimum atomic E-state index is -4.42. The van der Waals surface area contributed by atoms with Gasteiger partial charge < -0.3 is 20.0 Å². The van der Waals surface area contributed by atoms with Gasteiger partial charge in [0.25, 0.3) is 21.6 Å². The van der Waals surface area contributed by atoms with E-state index in [4.69, 9.17) is 4.84 Å². The highest BCUT2D eigenvalue weighted by Gasteiger charge is 2.42. The fourth-order valence-electron chi connectivity index (χ4n) is 6.31. The van der Waals surface area contributed by atoms with E-state index in [9.17, 15) is 23.3 Å². The number of anilines is 2. The van der Waals surface area contributed by atoms with Gasteiger partial charge in [-0.3, -0.25) is 14.9 Å². The van der Waals surface area contributed by atoms with Gasteiger partial charge in [-0.2, -0.15) is 0 Å². The number of sulfonamides is 1. The second-order valence-electron chi connectivity index (χ2n) is 13.3. The van der Waals surface area contributed by atoms with Crippen LogP contribution in [-0.2, 0) is 14.9 Å². The van der Waals surface area contributed by atoms with Crippen LogP contribution in [-0.4, -0.2) is 81.0 Å². The van der Waals surface area contributed by atoms with Crippen LogP contribution in [0.1, 0.15) is 41.6 Å². The minimum Gasteiger partial charge on any atom is -0.388 e. The van der Waals surface area contributed by atoms with Crippen LogP contribution in [0.2, 0.25) is 0 Å². The summed E-state index contributed by atoms with van der Waals surface area (Å²) >= 11 is 1.63. The number of carbonyl (C=O) groups is 1. The van der Waals surface area contributed by atoms with Crippen LogP contribution in [0.25, 0.3) is 0 Å². The van der Waals surface area contributed by atoms with Crippen molar-refractivity contribution in [3.63, 3.8) is 0 Å². The number of hydrogen-bond donors (Lipinski definition) is 2. The molecular formula is C38H42N6O6S2. The normalized spacial score (nSPS) is 15.9. The lowest BCUT2D eigenvalue weighted by atomic mass is 9.85. The Balaban J connectivity index is 1.07. The summed E-state index contributed by atoms with van der Waals surface area (Å²) in [5, 5.41) is 19.8. The number of oxime groups is 1. The number of benzene rings is 4. The number of piperidine rings is 1. The van der Waals surface area contributed by atoms with Crippen molar-refractivity contribution < 1.29 is 23.0 Å². The Morgan fingerprint density at radius 2 is 1.67 bits per heavy atom. The van der Waals surface area contributed by atoms with Crippen molar-refractivity contribution >= 4 is 50.5 Å². The number of nitro benzene ring substituents is 1. The van der Waals surface area contributed by atoms with Gasteiger partial charge in [-0.1, -0.05) is 53.7 Å². The highest BCUT2D eigenvalue weighted by molar-refractivity contribution is 7.99. The third-order valence-electron chi connectivity index (χ3n) is 9.30.